The summed E-state index contributed by atoms with van der Waals surface area (Å²) in [4.78, 5) is 60.4. The van der Waals surface area contributed by atoms with Crippen LogP contribution in [0, 0.1) is 13.8 Å². The van der Waals surface area contributed by atoms with Crippen molar-refractivity contribution in [2.24, 2.45) is 0 Å². The van der Waals surface area contributed by atoms with E-state index in [4.69, 9.17) is 9.97 Å². The third-order valence-corrected chi connectivity index (χ3v) is 12.1. The number of carbonyl (C=O) groups is 3. The van der Waals surface area contributed by atoms with Crippen LogP contribution in [-0.2, 0) is 27.2 Å². The summed E-state index contributed by atoms with van der Waals surface area (Å²) in [5, 5.41) is 23.6. The molecule has 2 aliphatic rings. The number of rotatable bonds is 21. The maximum absolute atomic E-state index is 13.9. The molecule has 3 aromatic heterocycles. The Balaban J connectivity index is 1.67. The SMILES string of the molecule is C=Cc1c(C)c2cc3nc(c(CC(=O)NCCNCCC)c4nc(cc5[nH]c(cc1[nH]2)c(C)c5CC)C(C)=C4C(=O)O)[C@@H](CCC(=O)NCCNCCN(CC)CC)[C@@H]3C. The van der Waals surface area contributed by atoms with Gasteiger partial charge in [-0.05, 0) is 100 Å². The number of aromatic nitrogens is 4. The maximum Gasteiger partial charge on any atom is 0.338 e. The lowest BCUT2D eigenvalue weighted by atomic mass is 9.84. The lowest BCUT2D eigenvalue weighted by Crippen LogP contribution is -2.36. The molecule has 0 saturated heterocycles. The highest BCUT2D eigenvalue weighted by molar-refractivity contribution is 6.24. The zero-order valence-electron chi connectivity index (χ0n) is 37.1. The lowest BCUT2D eigenvalue weighted by molar-refractivity contribution is -0.130. The number of carbonyl (C=O) groups excluding carboxylic acids is 2. The van der Waals surface area contributed by atoms with Gasteiger partial charge in [-0.3, -0.25) is 14.6 Å². The number of hydrogen-bond donors (Lipinski definition) is 7. The highest BCUT2D eigenvalue weighted by Gasteiger charge is 2.35. The Morgan fingerprint density at radius 1 is 0.817 bits per heavy atom. The van der Waals surface area contributed by atoms with Crippen molar-refractivity contribution in [2.45, 2.75) is 99.3 Å². The molecule has 0 radical (unpaired) electrons. The van der Waals surface area contributed by atoms with Gasteiger partial charge in [0, 0.05) is 96.4 Å². The van der Waals surface area contributed by atoms with E-state index >= 15 is 0 Å². The third-order valence-electron chi connectivity index (χ3n) is 12.1. The molecular weight excluding hydrogens is 755 g/mol. The number of likely N-dealkylation sites (N-methyl/N-ethyl adjacent to an activating group) is 1. The number of nitrogens with zero attached hydrogens (tertiary/aromatic N) is 3. The molecule has 60 heavy (non-hydrogen) atoms. The second kappa shape index (κ2) is 21.4. The smallest absolute Gasteiger partial charge is 0.338 e. The van der Waals surface area contributed by atoms with Gasteiger partial charge in [0.1, 0.15) is 0 Å². The van der Waals surface area contributed by atoms with Gasteiger partial charge in [-0.15, -0.1) is 0 Å². The Morgan fingerprint density at radius 3 is 2.13 bits per heavy atom. The van der Waals surface area contributed by atoms with Crippen LogP contribution in [0.4, 0.5) is 0 Å². The zero-order valence-corrected chi connectivity index (χ0v) is 37.1. The number of carboxylic acids is 1. The van der Waals surface area contributed by atoms with Gasteiger partial charge < -0.3 is 41.2 Å². The van der Waals surface area contributed by atoms with Crippen LogP contribution in [0.2, 0.25) is 0 Å². The highest BCUT2D eigenvalue weighted by atomic mass is 16.4. The van der Waals surface area contributed by atoms with Gasteiger partial charge in [0.15, 0.2) is 0 Å². The Labute approximate surface area is 355 Å². The minimum Gasteiger partial charge on any atom is -0.478 e. The van der Waals surface area contributed by atoms with Gasteiger partial charge in [-0.25, -0.2) is 9.78 Å². The van der Waals surface area contributed by atoms with E-state index in [1.807, 2.05) is 18.2 Å². The van der Waals surface area contributed by atoms with Gasteiger partial charge in [0.2, 0.25) is 11.8 Å². The van der Waals surface area contributed by atoms with Crippen LogP contribution in [0.1, 0.15) is 123 Å². The van der Waals surface area contributed by atoms with E-state index in [1.54, 1.807) is 6.92 Å². The van der Waals surface area contributed by atoms with E-state index in [0.29, 0.717) is 55.1 Å². The minimum absolute atomic E-state index is 0.0453. The third kappa shape index (κ3) is 10.6. The number of allylic oxidation sites excluding steroid dienone is 1. The zero-order chi connectivity index (χ0) is 43.5. The maximum atomic E-state index is 13.9. The molecule has 0 unspecified atom stereocenters. The molecule has 5 heterocycles. The van der Waals surface area contributed by atoms with Crippen molar-refractivity contribution in [3.63, 3.8) is 0 Å². The molecule has 0 aliphatic carbocycles. The molecule has 8 bridgehead atoms. The molecule has 7 N–H and O–H groups in total. The van der Waals surface area contributed by atoms with Crippen molar-refractivity contribution in [1.82, 2.24) is 46.1 Å². The molecule has 0 saturated carbocycles. The van der Waals surface area contributed by atoms with E-state index in [9.17, 15) is 19.5 Å². The van der Waals surface area contributed by atoms with Crippen molar-refractivity contribution in [3.8, 4) is 0 Å². The number of aromatic amines is 2. The first-order valence-electron chi connectivity index (χ1n) is 21.9. The topological polar surface area (TPSA) is 180 Å². The number of H-pyrrole nitrogens is 2. The summed E-state index contributed by atoms with van der Waals surface area (Å²) in [6.07, 6.45) is 4.14. The molecule has 2 amide bonds. The number of hydrogen-bond acceptors (Lipinski definition) is 8. The van der Waals surface area contributed by atoms with Crippen LogP contribution < -0.4 is 21.3 Å². The fourth-order valence-electron chi connectivity index (χ4n) is 8.48. The minimum atomic E-state index is -1.13. The highest BCUT2D eigenvalue weighted by Crippen LogP contribution is 2.43. The Bertz CT molecular complexity index is 2250. The molecule has 324 valence electrons. The van der Waals surface area contributed by atoms with E-state index in [0.717, 1.165) is 95.6 Å². The number of aliphatic carboxylic acids is 1. The molecule has 0 aromatic carbocycles. The van der Waals surface area contributed by atoms with Gasteiger partial charge in [-0.2, -0.15) is 0 Å². The molecule has 13 nitrogen and oxygen atoms in total. The normalized spacial score (nSPS) is 15.2. The summed E-state index contributed by atoms with van der Waals surface area (Å²) in [6, 6.07) is 6.06. The second-order valence-corrected chi connectivity index (χ2v) is 15.9. The Morgan fingerprint density at radius 2 is 1.48 bits per heavy atom. The molecule has 0 fully saturated rings. The average molecular weight is 822 g/mol. The van der Waals surface area contributed by atoms with Crippen LogP contribution in [0.15, 0.2) is 24.8 Å². The van der Waals surface area contributed by atoms with Crippen LogP contribution in [0.25, 0.3) is 39.3 Å². The van der Waals surface area contributed by atoms with Crippen molar-refractivity contribution in [2.75, 3.05) is 58.9 Å². The number of aryl methyl sites for hydroxylation is 3. The Kier molecular flexibility index (Phi) is 16.4. The molecule has 2 atom stereocenters. The monoisotopic (exact) mass is 822 g/mol. The first-order valence-corrected chi connectivity index (χ1v) is 21.9. The van der Waals surface area contributed by atoms with Crippen LogP contribution in [0.5, 0.6) is 0 Å². The summed E-state index contributed by atoms with van der Waals surface area (Å²) in [5.41, 5.74) is 10.8. The van der Waals surface area contributed by atoms with Crippen molar-refractivity contribution < 1.29 is 19.5 Å². The number of amides is 2. The summed E-state index contributed by atoms with van der Waals surface area (Å²) in [7, 11) is 0. The van der Waals surface area contributed by atoms with Crippen molar-refractivity contribution in [1.29, 1.82) is 0 Å². The standard InChI is InChI=1S/C47H67N9O4/c1-10-17-48-18-21-51-43(58)24-35-45-34(15-16-42(57)50-20-19-49-22-23-56(13-4)14-5)30(8)38(54-45)25-36-28(6)32(11-2)40(52-36)26-37-29(7)33(12-3)41(53-37)27-39-31(9)44(47(59)60)46(35)55-39/h11,25-27,30,34,48-49,52-53H,2,10,12-24H2,1,3-9H3,(H,50,57)(H,51,58)(H,59,60)/t30-,34-/m0/s1. The molecular formula is C47H67N9O4. The van der Waals surface area contributed by atoms with Crippen LogP contribution in [0.3, 0.4) is 0 Å². The summed E-state index contributed by atoms with van der Waals surface area (Å²) < 4.78 is 0. The van der Waals surface area contributed by atoms with E-state index < -0.39 is 5.97 Å². The van der Waals surface area contributed by atoms with Crippen LogP contribution in [-0.4, -0.2) is 107 Å². The number of nitrogens with one attached hydrogen (secondary N) is 6. The van der Waals surface area contributed by atoms with Crippen molar-refractivity contribution >= 4 is 57.1 Å². The first kappa shape index (κ1) is 46.0. The van der Waals surface area contributed by atoms with E-state index in [2.05, 4.69) is 97.2 Å². The van der Waals surface area contributed by atoms with Gasteiger partial charge in [0.05, 0.1) is 29.1 Å². The molecule has 3 aromatic rings. The number of carboxylic acid groups (broad SMARTS) is 1. The predicted molar refractivity (Wildman–Crippen MR) is 244 cm³/mol. The largest absolute Gasteiger partial charge is 0.478 e. The van der Waals surface area contributed by atoms with Gasteiger partial charge in [0.25, 0.3) is 0 Å². The fraction of sp³-hybridized carbons (Fsp3) is 0.511. The molecule has 5 rings (SSSR count). The Hall–Kier alpha value is -5.11. The average Bonchev–Trinajstić information content (AvgIpc) is 3.91. The molecule has 13 heteroatoms. The van der Waals surface area contributed by atoms with Crippen molar-refractivity contribution in [3.05, 3.63) is 75.4 Å². The predicted octanol–water partition coefficient (Wildman–Crippen LogP) is 6.53. The van der Waals surface area contributed by atoms with E-state index in [-0.39, 0.29) is 47.8 Å². The first-order chi connectivity index (χ1) is 28.9. The molecule has 0 spiro atoms. The quantitative estimate of drug-likeness (QED) is 0.0589. The second-order valence-electron chi connectivity index (χ2n) is 15.9. The summed E-state index contributed by atoms with van der Waals surface area (Å²) in [5.74, 6) is -1.93. The lowest BCUT2D eigenvalue weighted by Gasteiger charge is -2.19. The van der Waals surface area contributed by atoms with Crippen LogP contribution >= 0.6 is 0 Å². The van der Waals surface area contributed by atoms with Gasteiger partial charge >= 0.3 is 5.97 Å². The summed E-state index contributed by atoms with van der Waals surface area (Å²) >= 11 is 0. The van der Waals surface area contributed by atoms with E-state index in [1.165, 1.54) is 0 Å². The van der Waals surface area contributed by atoms with Gasteiger partial charge in [-0.1, -0.05) is 47.3 Å². The molecule has 2 aliphatic heterocycles. The number of fused-ring (bicyclic) bond motifs is 8. The fourth-order valence-corrected chi connectivity index (χ4v) is 8.48. The summed E-state index contributed by atoms with van der Waals surface area (Å²) in [6.45, 7) is 27.5.